The van der Waals surface area contributed by atoms with Gasteiger partial charge in [0.1, 0.15) is 11.9 Å². The summed E-state index contributed by atoms with van der Waals surface area (Å²) in [4.78, 5) is 29.2. The Labute approximate surface area is 228 Å². The van der Waals surface area contributed by atoms with Gasteiger partial charge in [0.25, 0.3) is 0 Å². The number of methoxy groups -OCH3 is 1. The zero-order chi connectivity index (χ0) is 27.2. The largest absolute Gasteiger partial charge is 0.497 e. The third-order valence-electron chi connectivity index (χ3n) is 6.75. The first-order chi connectivity index (χ1) is 19.0. The van der Waals surface area contributed by atoms with E-state index in [0.717, 1.165) is 22.6 Å². The number of hydrogen-bond acceptors (Lipinski definition) is 5. The first-order valence-corrected chi connectivity index (χ1v) is 12.9. The maximum Gasteiger partial charge on any atom is 0.411 e. The molecule has 7 nitrogen and oxygen atoms in total. The molecule has 1 atom stereocenters. The molecule has 4 aromatic carbocycles. The Kier molecular flexibility index (Phi) is 7.78. The SMILES string of the molecule is COc1ccc(C)c(N2CC(OC(=O)Nc3ccc(N(Cc4ccccc4)c4ccccc4)cc3)CC2=O)c1. The number of amides is 2. The number of nitrogens with zero attached hydrogens (tertiary/aromatic N) is 2. The van der Waals surface area contributed by atoms with Crippen LogP contribution in [0.3, 0.4) is 0 Å². The van der Waals surface area contributed by atoms with Gasteiger partial charge in [0, 0.05) is 29.7 Å². The Morgan fingerprint density at radius 1 is 0.923 bits per heavy atom. The molecule has 1 aliphatic rings. The molecule has 0 aromatic heterocycles. The van der Waals surface area contributed by atoms with E-state index in [9.17, 15) is 9.59 Å². The van der Waals surface area contributed by atoms with Gasteiger partial charge in [0.05, 0.1) is 25.8 Å². The van der Waals surface area contributed by atoms with Gasteiger partial charge in [-0.1, -0.05) is 54.6 Å². The summed E-state index contributed by atoms with van der Waals surface area (Å²) in [6.45, 7) is 2.94. The van der Waals surface area contributed by atoms with Crippen LogP contribution in [0.1, 0.15) is 17.5 Å². The summed E-state index contributed by atoms with van der Waals surface area (Å²) < 4.78 is 10.9. The molecule has 0 saturated carbocycles. The fourth-order valence-electron chi connectivity index (χ4n) is 4.72. The highest BCUT2D eigenvalue weighted by Crippen LogP contribution is 2.31. The molecule has 1 aliphatic heterocycles. The van der Waals surface area contributed by atoms with Crippen molar-refractivity contribution >= 4 is 34.7 Å². The molecule has 2 amide bonds. The fourth-order valence-corrected chi connectivity index (χ4v) is 4.72. The predicted molar refractivity (Wildman–Crippen MR) is 154 cm³/mol. The monoisotopic (exact) mass is 521 g/mol. The quantitative estimate of drug-likeness (QED) is 0.280. The van der Waals surface area contributed by atoms with Crippen molar-refractivity contribution in [1.29, 1.82) is 0 Å². The summed E-state index contributed by atoms with van der Waals surface area (Å²) in [7, 11) is 1.59. The van der Waals surface area contributed by atoms with Crippen molar-refractivity contribution in [3.8, 4) is 5.75 Å². The molecule has 1 saturated heterocycles. The van der Waals surface area contributed by atoms with E-state index in [2.05, 4.69) is 34.5 Å². The van der Waals surface area contributed by atoms with Gasteiger partial charge in [-0.3, -0.25) is 10.1 Å². The molecule has 1 unspecified atom stereocenters. The highest BCUT2D eigenvalue weighted by atomic mass is 16.6. The number of para-hydroxylation sites is 1. The second kappa shape index (κ2) is 11.7. The lowest BCUT2D eigenvalue weighted by atomic mass is 10.1. The Bertz CT molecular complexity index is 1430. The van der Waals surface area contributed by atoms with Gasteiger partial charge >= 0.3 is 6.09 Å². The number of aryl methyl sites for hydroxylation is 1. The van der Waals surface area contributed by atoms with Crippen molar-refractivity contribution in [3.63, 3.8) is 0 Å². The summed E-state index contributed by atoms with van der Waals surface area (Å²) >= 11 is 0. The average Bonchev–Trinajstić information content (AvgIpc) is 3.32. The van der Waals surface area contributed by atoms with Gasteiger partial charge in [-0.05, 0) is 60.5 Å². The first kappa shape index (κ1) is 25.9. The Hall–Kier alpha value is -4.78. The fraction of sp³-hybridized carbons (Fsp3) is 0.188. The summed E-state index contributed by atoms with van der Waals surface area (Å²) in [6.07, 6.45) is -0.995. The predicted octanol–water partition coefficient (Wildman–Crippen LogP) is 6.70. The van der Waals surface area contributed by atoms with Gasteiger partial charge in [0.2, 0.25) is 5.91 Å². The zero-order valence-corrected chi connectivity index (χ0v) is 22.0. The van der Waals surface area contributed by atoms with E-state index >= 15 is 0 Å². The smallest absolute Gasteiger partial charge is 0.411 e. The summed E-state index contributed by atoms with van der Waals surface area (Å²) in [5.41, 5.74) is 5.58. The van der Waals surface area contributed by atoms with Crippen molar-refractivity contribution in [3.05, 3.63) is 114 Å². The van der Waals surface area contributed by atoms with Crippen molar-refractivity contribution in [2.24, 2.45) is 0 Å². The van der Waals surface area contributed by atoms with E-state index in [1.54, 1.807) is 12.0 Å². The molecular weight excluding hydrogens is 490 g/mol. The summed E-state index contributed by atoms with van der Waals surface area (Å²) in [6, 6.07) is 33.7. The minimum atomic E-state index is -0.589. The standard InChI is InChI=1S/C32H31N3O4/c1-23-13-18-28(38-2)19-30(23)35-22-29(20-31(35)36)39-32(37)33-25-14-16-27(17-15-25)34(26-11-7-4-8-12-26)21-24-9-5-3-6-10-24/h3-19,29H,20-22H2,1-2H3,(H,33,37). The van der Waals surface area contributed by atoms with Crippen LogP contribution in [0.15, 0.2) is 103 Å². The van der Waals surface area contributed by atoms with Crippen molar-refractivity contribution < 1.29 is 19.1 Å². The Balaban J connectivity index is 1.23. The van der Waals surface area contributed by atoms with Gasteiger partial charge < -0.3 is 19.3 Å². The van der Waals surface area contributed by atoms with E-state index < -0.39 is 12.2 Å². The van der Waals surface area contributed by atoms with Gasteiger partial charge in [0.15, 0.2) is 0 Å². The van der Waals surface area contributed by atoms with Crippen LogP contribution in [0.5, 0.6) is 5.75 Å². The van der Waals surface area contributed by atoms with Gasteiger partial charge in [-0.25, -0.2) is 4.79 Å². The maximum atomic E-state index is 12.7. The number of rotatable bonds is 8. The van der Waals surface area contributed by atoms with Crippen LogP contribution < -0.4 is 19.9 Å². The molecular formula is C32H31N3O4. The molecule has 0 aliphatic carbocycles. The molecule has 198 valence electrons. The van der Waals surface area contributed by atoms with Crippen molar-refractivity contribution in [1.82, 2.24) is 0 Å². The highest BCUT2D eigenvalue weighted by Gasteiger charge is 2.34. The van der Waals surface area contributed by atoms with Gasteiger partial charge in [-0.2, -0.15) is 0 Å². The lowest BCUT2D eigenvalue weighted by Gasteiger charge is -2.25. The topological polar surface area (TPSA) is 71.1 Å². The third kappa shape index (κ3) is 6.21. The molecule has 7 heteroatoms. The number of nitrogens with one attached hydrogen (secondary N) is 1. The zero-order valence-electron chi connectivity index (χ0n) is 22.0. The van der Waals surface area contributed by atoms with Gasteiger partial charge in [-0.15, -0.1) is 0 Å². The summed E-state index contributed by atoms with van der Waals surface area (Å²) in [5.74, 6) is 0.580. The van der Waals surface area contributed by atoms with E-state index in [-0.39, 0.29) is 12.3 Å². The molecule has 0 bridgehead atoms. The molecule has 4 aromatic rings. The second-order valence-electron chi connectivity index (χ2n) is 9.47. The number of benzene rings is 4. The van der Waals surface area contributed by atoms with Crippen LogP contribution in [0.25, 0.3) is 0 Å². The third-order valence-corrected chi connectivity index (χ3v) is 6.75. The highest BCUT2D eigenvalue weighted by molar-refractivity contribution is 5.97. The Morgan fingerprint density at radius 2 is 1.59 bits per heavy atom. The maximum absolute atomic E-state index is 12.7. The van der Waals surface area contributed by atoms with E-state index in [1.807, 2.05) is 85.8 Å². The molecule has 1 fully saturated rings. The minimum Gasteiger partial charge on any atom is -0.497 e. The van der Waals surface area contributed by atoms with E-state index in [4.69, 9.17) is 9.47 Å². The van der Waals surface area contributed by atoms with Crippen molar-refractivity contribution in [2.45, 2.75) is 26.0 Å². The first-order valence-electron chi connectivity index (χ1n) is 12.9. The number of ether oxygens (including phenoxy) is 2. The van der Waals surface area contributed by atoms with Crippen LogP contribution >= 0.6 is 0 Å². The van der Waals surface area contributed by atoms with Crippen LogP contribution in [0.2, 0.25) is 0 Å². The van der Waals surface area contributed by atoms with Crippen LogP contribution in [0.4, 0.5) is 27.5 Å². The molecule has 39 heavy (non-hydrogen) atoms. The minimum absolute atomic E-state index is 0.0899. The van der Waals surface area contributed by atoms with E-state index in [1.165, 1.54) is 5.56 Å². The number of carbonyl (C=O) groups is 2. The average molecular weight is 522 g/mol. The number of anilines is 4. The lowest BCUT2D eigenvalue weighted by Crippen LogP contribution is -2.28. The molecule has 5 rings (SSSR count). The van der Waals surface area contributed by atoms with E-state index in [0.29, 0.717) is 24.5 Å². The van der Waals surface area contributed by atoms with Crippen LogP contribution in [-0.4, -0.2) is 31.8 Å². The summed E-state index contributed by atoms with van der Waals surface area (Å²) in [5, 5.41) is 2.79. The molecule has 1 heterocycles. The van der Waals surface area contributed by atoms with Crippen LogP contribution in [-0.2, 0) is 16.1 Å². The Morgan fingerprint density at radius 3 is 2.28 bits per heavy atom. The number of carbonyl (C=O) groups excluding carboxylic acids is 2. The molecule has 1 N–H and O–H groups in total. The van der Waals surface area contributed by atoms with Crippen molar-refractivity contribution in [2.75, 3.05) is 28.8 Å². The molecule has 0 radical (unpaired) electrons. The molecule has 0 spiro atoms. The lowest BCUT2D eigenvalue weighted by molar-refractivity contribution is -0.117. The van der Waals surface area contributed by atoms with Crippen LogP contribution in [0, 0.1) is 6.92 Å². The second-order valence-corrected chi connectivity index (χ2v) is 9.47. The normalized spacial score (nSPS) is 14.7. The number of hydrogen-bond donors (Lipinski definition) is 1.